The number of nitrogens with zero attached hydrogens (tertiary/aromatic N) is 5. The highest BCUT2D eigenvalue weighted by molar-refractivity contribution is 7.88. The van der Waals surface area contributed by atoms with Crippen molar-refractivity contribution in [2.75, 3.05) is 37.4 Å². The minimum absolute atomic E-state index is 0.0669. The van der Waals surface area contributed by atoms with Gasteiger partial charge in [0.25, 0.3) is 0 Å². The standard InChI is InChI=1S/C30H41ClN6O3S/c1-41(39,40)34-24-8-12-36(13-9-24)29(38)23-18-30(19-23)10-14-35(15-11-30)28-17-27(21-4-2-3-5-21)37(33-28)25-7-6-22(20-32)26(31)16-25/h6-7,16,21,23-24,27,34H,2-5,8-15,17-19H2,1H3/t27-/m1/s1. The van der Waals surface area contributed by atoms with Crippen LogP contribution >= 0.6 is 11.6 Å². The van der Waals surface area contributed by atoms with E-state index in [0.29, 0.717) is 48.5 Å². The summed E-state index contributed by atoms with van der Waals surface area (Å²) in [5, 5.41) is 17.1. The zero-order valence-electron chi connectivity index (χ0n) is 23.9. The number of amidine groups is 1. The second-order valence-corrected chi connectivity index (χ2v) is 15.2. The van der Waals surface area contributed by atoms with Crippen LogP contribution in [0.2, 0.25) is 5.02 Å². The molecule has 6 rings (SSSR count). The van der Waals surface area contributed by atoms with Crippen LogP contribution < -0.4 is 9.73 Å². The number of nitrogens with one attached hydrogen (secondary N) is 1. The van der Waals surface area contributed by atoms with Gasteiger partial charge in [0.1, 0.15) is 11.9 Å². The Balaban J connectivity index is 1.04. The van der Waals surface area contributed by atoms with Gasteiger partial charge in [-0.1, -0.05) is 24.4 Å². The van der Waals surface area contributed by atoms with E-state index in [4.69, 9.17) is 16.7 Å². The Labute approximate surface area is 248 Å². The van der Waals surface area contributed by atoms with Crippen molar-refractivity contribution in [3.63, 3.8) is 0 Å². The van der Waals surface area contributed by atoms with Gasteiger partial charge in [0.2, 0.25) is 15.9 Å². The Bertz CT molecular complexity index is 1330. The SMILES string of the molecule is CS(=O)(=O)NC1CCN(C(=O)C2CC3(CCN(C4=NN(c5ccc(C#N)c(Cl)c5)[C@@H](C5CCCC5)C4)CC3)C2)CC1. The molecule has 0 bridgehead atoms. The summed E-state index contributed by atoms with van der Waals surface area (Å²) in [6.07, 6.45) is 12.6. The van der Waals surface area contributed by atoms with Crippen molar-refractivity contribution in [3.8, 4) is 6.07 Å². The maximum Gasteiger partial charge on any atom is 0.225 e. The second kappa shape index (κ2) is 11.4. The van der Waals surface area contributed by atoms with E-state index in [1.54, 1.807) is 6.07 Å². The first kappa shape index (κ1) is 28.8. The average molecular weight is 601 g/mol. The van der Waals surface area contributed by atoms with Crippen LogP contribution in [0.3, 0.4) is 0 Å². The van der Waals surface area contributed by atoms with Gasteiger partial charge in [-0.2, -0.15) is 10.4 Å². The first-order valence-corrected chi connectivity index (χ1v) is 17.5. The van der Waals surface area contributed by atoms with Gasteiger partial charge in [-0.3, -0.25) is 9.80 Å². The second-order valence-electron chi connectivity index (χ2n) is 13.0. The first-order chi connectivity index (χ1) is 19.6. The number of sulfonamides is 1. The van der Waals surface area contributed by atoms with Gasteiger partial charge in [-0.15, -0.1) is 0 Å². The van der Waals surface area contributed by atoms with Crippen LogP contribution in [0.15, 0.2) is 23.3 Å². The van der Waals surface area contributed by atoms with E-state index < -0.39 is 10.0 Å². The van der Waals surface area contributed by atoms with Crippen LogP contribution in [-0.4, -0.2) is 74.5 Å². The molecular weight excluding hydrogens is 560 g/mol. The number of carbonyl (C=O) groups excluding carboxylic acids is 1. The number of anilines is 1. The molecule has 41 heavy (non-hydrogen) atoms. The third kappa shape index (κ3) is 6.09. The fraction of sp³-hybridized carbons (Fsp3) is 0.700. The van der Waals surface area contributed by atoms with Gasteiger partial charge in [-0.25, -0.2) is 13.1 Å². The number of halogens is 1. The van der Waals surface area contributed by atoms with Crippen molar-refractivity contribution < 1.29 is 13.2 Å². The van der Waals surface area contributed by atoms with E-state index in [2.05, 4.69) is 20.7 Å². The molecule has 0 radical (unpaired) electrons. The summed E-state index contributed by atoms with van der Waals surface area (Å²) >= 11 is 6.41. The molecule has 0 aromatic heterocycles. The number of hydrogen-bond donors (Lipinski definition) is 1. The lowest BCUT2D eigenvalue weighted by atomic mass is 9.57. The minimum Gasteiger partial charge on any atom is -0.359 e. The Kier molecular flexibility index (Phi) is 7.98. The Morgan fingerprint density at radius 2 is 1.78 bits per heavy atom. The number of benzene rings is 1. The van der Waals surface area contributed by atoms with E-state index in [-0.39, 0.29) is 23.3 Å². The molecule has 0 unspecified atom stereocenters. The third-order valence-electron chi connectivity index (χ3n) is 10.3. The average Bonchev–Trinajstić information content (AvgIpc) is 3.61. The predicted octanol–water partition coefficient (Wildman–Crippen LogP) is 4.33. The molecule has 1 N–H and O–H groups in total. The van der Waals surface area contributed by atoms with E-state index in [9.17, 15) is 18.5 Å². The van der Waals surface area contributed by atoms with Crippen LogP contribution in [0.1, 0.15) is 76.2 Å². The highest BCUT2D eigenvalue weighted by Gasteiger charge is 2.50. The fourth-order valence-corrected chi connectivity index (χ4v) is 9.04. The lowest BCUT2D eigenvalue weighted by Gasteiger charge is -2.53. The smallest absolute Gasteiger partial charge is 0.225 e. The lowest BCUT2D eigenvalue weighted by molar-refractivity contribution is -0.146. The molecule has 2 aliphatic carbocycles. The van der Waals surface area contributed by atoms with Gasteiger partial charge in [0.05, 0.1) is 28.6 Å². The molecule has 1 atom stereocenters. The van der Waals surface area contributed by atoms with Crippen molar-refractivity contribution >= 4 is 39.1 Å². The Hall–Kier alpha value is -2.35. The molecule has 2 saturated carbocycles. The summed E-state index contributed by atoms with van der Waals surface area (Å²) in [6, 6.07) is 8.07. The van der Waals surface area contributed by atoms with Crippen LogP contribution in [0, 0.1) is 28.6 Å². The topological polar surface area (TPSA) is 109 Å². The predicted molar refractivity (Wildman–Crippen MR) is 160 cm³/mol. The number of carbonyl (C=O) groups is 1. The summed E-state index contributed by atoms with van der Waals surface area (Å²) in [4.78, 5) is 17.6. The summed E-state index contributed by atoms with van der Waals surface area (Å²) in [6.45, 7) is 3.21. The maximum absolute atomic E-state index is 13.2. The van der Waals surface area contributed by atoms with Crippen molar-refractivity contribution in [1.29, 1.82) is 5.26 Å². The molecule has 1 aromatic carbocycles. The number of likely N-dealkylation sites (tertiary alicyclic amines) is 2. The van der Waals surface area contributed by atoms with Gasteiger partial charge in [-0.05, 0) is 80.9 Å². The fourth-order valence-electron chi connectivity index (χ4n) is 7.99. The molecule has 1 spiro atoms. The largest absolute Gasteiger partial charge is 0.359 e. The molecule has 5 aliphatic rings. The molecule has 1 amide bonds. The van der Waals surface area contributed by atoms with Gasteiger partial charge < -0.3 is 9.80 Å². The maximum atomic E-state index is 13.2. The van der Waals surface area contributed by atoms with Crippen molar-refractivity contribution in [2.45, 2.75) is 82.7 Å². The summed E-state index contributed by atoms with van der Waals surface area (Å²) < 4.78 is 25.7. The van der Waals surface area contributed by atoms with E-state index in [1.807, 2.05) is 17.0 Å². The van der Waals surface area contributed by atoms with Gasteiger partial charge in [0.15, 0.2) is 0 Å². The zero-order chi connectivity index (χ0) is 28.8. The van der Waals surface area contributed by atoms with Crippen molar-refractivity contribution in [1.82, 2.24) is 14.5 Å². The number of hydrogen-bond acceptors (Lipinski definition) is 7. The lowest BCUT2D eigenvalue weighted by Crippen LogP contribution is -2.54. The van der Waals surface area contributed by atoms with Crippen LogP contribution in [0.4, 0.5) is 5.69 Å². The minimum atomic E-state index is -3.21. The van der Waals surface area contributed by atoms with Crippen molar-refractivity contribution in [3.05, 3.63) is 28.8 Å². The summed E-state index contributed by atoms with van der Waals surface area (Å²) in [5.41, 5.74) is 1.71. The Morgan fingerprint density at radius 3 is 2.39 bits per heavy atom. The molecule has 4 fully saturated rings. The van der Waals surface area contributed by atoms with Gasteiger partial charge >= 0.3 is 0 Å². The molecule has 3 aliphatic heterocycles. The highest BCUT2D eigenvalue weighted by Crippen LogP contribution is 2.53. The summed E-state index contributed by atoms with van der Waals surface area (Å²) in [7, 11) is -3.21. The van der Waals surface area contributed by atoms with E-state index in [1.165, 1.54) is 31.9 Å². The number of nitriles is 1. The number of rotatable bonds is 5. The number of piperidine rings is 2. The van der Waals surface area contributed by atoms with Crippen LogP contribution in [0.25, 0.3) is 0 Å². The quantitative estimate of drug-likeness (QED) is 0.539. The van der Waals surface area contributed by atoms with Crippen LogP contribution in [0.5, 0.6) is 0 Å². The van der Waals surface area contributed by atoms with E-state index in [0.717, 1.165) is 56.7 Å². The monoisotopic (exact) mass is 600 g/mol. The van der Waals surface area contributed by atoms with Crippen molar-refractivity contribution in [2.24, 2.45) is 22.4 Å². The normalized spacial score (nSPS) is 25.8. The van der Waals surface area contributed by atoms with Gasteiger partial charge in [0, 0.05) is 44.6 Å². The number of hydrazone groups is 1. The molecule has 3 heterocycles. The Morgan fingerprint density at radius 1 is 1.10 bits per heavy atom. The molecule has 222 valence electrons. The molecule has 9 nitrogen and oxygen atoms in total. The molecule has 1 aromatic rings. The van der Waals surface area contributed by atoms with Crippen LogP contribution in [-0.2, 0) is 14.8 Å². The molecule has 2 saturated heterocycles. The highest BCUT2D eigenvalue weighted by atomic mass is 35.5. The molecular formula is C30H41ClN6O3S. The summed E-state index contributed by atoms with van der Waals surface area (Å²) in [5.74, 6) is 2.14. The zero-order valence-corrected chi connectivity index (χ0v) is 25.5. The first-order valence-electron chi connectivity index (χ1n) is 15.2. The molecule has 11 heteroatoms. The van der Waals surface area contributed by atoms with E-state index >= 15 is 0 Å². The third-order valence-corrected chi connectivity index (χ3v) is 11.4. The number of amides is 1.